The van der Waals surface area contributed by atoms with Gasteiger partial charge in [0.1, 0.15) is 11.5 Å². The maximum Gasteiger partial charge on any atom is 0.164 e. The van der Waals surface area contributed by atoms with Gasteiger partial charge in [0.15, 0.2) is 17.5 Å². The number of fused-ring (bicyclic) bond motifs is 11. The Balaban J connectivity index is 1.000. The van der Waals surface area contributed by atoms with Gasteiger partial charge in [-0.2, -0.15) is 0 Å². The molecule has 1 aliphatic carbocycles. The van der Waals surface area contributed by atoms with E-state index in [1.807, 2.05) is 0 Å². The Bertz CT molecular complexity index is 3230. The fraction of sp³-hybridized carbons (Fsp3) is 0.0185. The number of ether oxygens (including phenoxy) is 1. The molecule has 1 spiro atoms. The Morgan fingerprint density at radius 1 is 0.310 bits per heavy atom. The summed E-state index contributed by atoms with van der Waals surface area (Å²) in [5, 5.41) is 4.57. The molecule has 270 valence electrons. The molecule has 10 aromatic rings. The molecular weight excluding hydrogens is 707 g/mol. The van der Waals surface area contributed by atoms with Gasteiger partial charge in [-0.25, -0.2) is 15.0 Å². The van der Waals surface area contributed by atoms with E-state index in [2.05, 4.69) is 200 Å². The predicted octanol–water partition coefficient (Wildman–Crippen LogP) is 13.3. The molecule has 0 bridgehead atoms. The molecular formula is C54H33N3O. The van der Waals surface area contributed by atoms with Crippen LogP contribution in [0.15, 0.2) is 200 Å². The van der Waals surface area contributed by atoms with Crippen molar-refractivity contribution in [2.24, 2.45) is 0 Å². The van der Waals surface area contributed by atoms with Crippen LogP contribution in [0.1, 0.15) is 22.3 Å². The molecule has 0 saturated heterocycles. The summed E-state index contributed by atoms with van der Waals surface area (Å²) in [6, 6.07) is 70.9. The first kappa shape index (κ1) is 32.5. The summed E-state index contributed by atoms with van der Waals surface area (Å²) in [5.41, 5.74) is 11.9. The molecule has 0 N–H and O–H groups in total. The summed E-state index contributed by atoms with van der Waals surface area (Å²) >= 11 is 0. The van der Waals surface area contributed by atoms with E-state index in [1.54, 1.807) is 0 Å². The van der Waals surface area contributed by atoms with Crippen molar-refractivity contribution in [3.05, 3.63) is 222 Å². The lowest BCUT2D eigenvalue weighted by atomic mass is 9.66. The van der Waals surface area contributed by atoms with E-state index in [4.69, 9.17) is 19.7 Å². The maximum atomic E-state index is 6.56. The monoisotopic (exact) mass is 739 g/mol. The normalized spacial score (nSPS) is 13.1. The fourth-order valence-electron chi connectivity index (χ4n) is 9.35. The van der Waals surface area contributed by atoms with Crippen molar-refractivity contribution in [2.45, 2.75) is 5.41 Å². The van der Waals surface area contributed by atoms with E-state index >= 15 is 0 Å². The number of hydrogen-bond acceptors (Lipinski definition) is 4. The quantitative estimate of drug-likeness (QED) is 0.180. The standard InChI is InChI=1S/C54H33N3O/c1-2-14-38-32-40(29-26-34(38)12-1)52-55-51(56-53(57-52)44-18-11-15-36-13-3-4-16-41(36)44)37-27-24-35(25-28-37)39-30-31-43-42-17-5-6-19-45(42)54(48(43)33-39)46-20-7-9-22-49(46)58-50-23-10-8-21-47(50)54/h1-33H. The number of nitrogens with zero attached hydrogens (tertiary/aromatic N) is 3. The highest BCUT2D eigenvalue weighted by molar-refractivity contribution is 5.96. The van der Waals surface area contributed by atoms with E-state index in [0.29, 0.717) is 17.5 Å². The summed E-state index contributed by atoms with van der Waals surface area (Å²) in [6.07, 6.45) is 0. The third-order valence-electron chi connectivity index (χ3n) is 12.0. The molecule has 0 amide bonds. The van der Waals surface area contributed by atoms with Gasteiger partial charge in [0.25, 0.3) is 0 Å². The first-order valence-electron chi connectivity index (χ1n) is 19.7. The SMILES string of the molecule is c1ccc2c(c1)Oc1ccccc1C21c2ccccc2-c2ccc(-c3ccc(-c4nc(-c5ccc6ccccc6c5)nc(-c5cccc6ccccc56)n4)cc3)cc21. The Morgan fingerprint density at radius 2 is 0.845 bits per heavy atom. The highest BCUT2D eigenvalue weighted by Gasteiger charge is 2.51. The second-order valence-corrected chi connectivity index (χ2v) is 15.1. The van der Waals surface area contributed by atoms with Crippen LogP contribution in [0.4, 0.5) is 0 Å². The van der Waals surface area contributed by atoms with Crippen LogP contribution in [-0.2, 0) is 5.41 Å². The topological polar surface area (TPSA) is 47.9 Å². The van der Waals surface area contributed by atoms with Crippen molar-refractivity contribution in [2.75, 3.05) is 0 Å². The lowest BCUT2D eigenvalue weighted by Crippen LogP contribution is -2.32. The number of benzene rings is 9. The summed E-state index contributed by atoms with van der Waals surface area (Å²) in [4.78, 5) is 15.4. The Morgan fingerprint density at radius 3 is 1.64 bits per heavy atom. The number of aromatic nitrogens is 3. The molecule has 0 fully saturated rings. The van der Waals surface area contributed by atoms with Crippen LogP contribution in [0.5, 0.6) is 11.5 Å². The summed E-state index contributed by atoms with van der Waals surface area (Å²) in [6.45, 7) is 0. The van der Waals surface area contributed by atoms with Gasteiger partial charge in [0.2, 0.25) is 0 Å². The minimum atomic E-state index is -0.518. The fourth-order valence-corrected chi connectivity index (χ4v) is 9.35. The molecule has 1 aromatic heterocycles. The lowest BCUT2D eigenvalue weighted by Gasteiger charge is -2.39. The van der Waals surface area contributed by atoms with Crippen LogP contribution in [0.3, 0.4) is 0 Å². The average Bonchev–Trinajstić information content (AvgIpc) is 3.58. The van der Waals surface area contributed by atoms with Crippen LogP contribution >= 0.6 is 0 Å². The molecule has 0 unspecified atom stereocenters. The van der Waals surface area contributed by atoms with Crippen LogP contribution in [0.25, 0.3) is 78.0 Å². The molecule has 12 rings (SSSR count). The first-order valence-corrected chi connectivity index (χ1v) is 19.7. The van der Waals surface area contributed by atoms with Crippen LogP contribution < -0.4 is 4.74 Å². The molecule has 4 heteroatoms. The molecule has 2 aliphatic rings. The summed E-state index contributed by atoms with van der Waals surface area (Å²) < 4.78 is 6.56. The highest BCUT2D eigenvalue weighted by Crippen LogP contribution is 2.62. The van der Waals surface area contributed by atoms with Gasteiger partial charge in [0.05, 0.1) is 5.41 Å². The van der Waals surface area contributed by atoms with Gasteiger partial charge in [-0.1, -0.05) is 176 Å². The maximum absolute atomic E-state index is 6.56. The third-order valence-corrected chi connectivity index (χ3v) is 12.0. The number of rotatable bonds is 4. The van der Waals surface area contributed by atoms with Crippen LogP contribution in [-0.4, -0.2) is 15.0 Å². The minimum absolute atomic E-state index is 0.518. The van der Waals surface area contributed by atoms with Gasteiger partial charge < -0.3 is 4.74 Å². The van der Waals surface area contributed by atoms with Crippen LogP contribution in [0, 0.1) is 0 Å². The van der Waals surface area contributed by atoms with Crippen molar-refractivity contribution in [1.29, 1.82) is 0 Å². The van der Waals surface area contributed by atoms with Gasteiger partial charge in [-0.05, 0) is 79.2 Å². The predicted molar refractivity (Wildman–Crippen MR) is 234 cm³/mol. The molecule has 58 heavy (non-hydrogen) atoms. The van der Waals surface area contributed by atoms with Crippen molar-refractivity contribution < 1.29 is 4.74 Å². The molecule has 2 heterocycles. The van der Waals surface area contributed by atoms with E-state index in [9.17, 15) is 0 Å². The van der Waals surface area contributed by atoms with E-state index in [1.165, 1.54) is 27.6 Å². The minimum Gasteiger partial charge on any atom is -0.457 e. The summed E-state index contributed by atoms with van der Waals surface area (Å²) in [5.74, 6) is 3.70. The van der Waals surface area contributed by atoms with Crippen molar-refractivity contribution in [3.8, 4) is 67.9 Å². The zero-order chi connectivity index (χ0) is 38.2. The van der Waals surface area contributed by atoms with E-state index < -0.39 is 5.41 Å². The zero-order valence-electron chi connectivity index (χ0n) is 31.3. The number of para-hydroxylation sites is 2. The van der Waals surface area contributed by atoms with Crippen molar-refractivity contribution in [3.63, 3.8) is 0 Å². The molecule has 0 atom stereocenters. The Kier molecular flexibility index (Phi) is 7.11. The van der Waals surface area contributed by atoms with Gasteiger partial charge in [-0.3, -0.25) is 0 Å². The molecule has 9 aromatic carbocycles. The lowest BCUT2D eigenvalue weighted by molar-refractivity contribution is 0.436. The smallest absolute Gasteiger partial charge is 0.164 e. The second-order valence-electron chi connectivity index (χ2n) is 15.1. The molecule has 4 nitrogen and oxygen atoms in total. The molecule has 0 radical (unpaired) electrons. The zero-order valence-corrected chi connectivity index (χ0v) is 31.3. The average molecular weight is 740 g/mol. The third kappa shape index (κ3) is 4.85. The first-order chi connectivity index (χ1) is 28.7. The van der Waals surface area contributed by atoms with Crippen LogP contribution in [0.2, 0.25) is 0 Å². The van der Waals surface area contributed by atoms with Gasteiger partial charge >= 0.3 is 0 Å². The second kappa shape index (κ2) is 12.7. The number of hydrogen-bond donors (Lipinski definition) is 0. The highest BCUT2D eigenvalue weighted by atomic mass is 16.5. The van der Waals surface area contributed by atoms with E-state index in [0.717, 1.165) is 66.6 Å². The molecule has 0 saturated carbocycles. The van der Waals surface area contributed by atoms with Crippen molar-refractivity contribution in [1.82, 2.24) is 15.0 Å². The Labute approximate surface area is 335 Å². The summed E-state index contributed by atoms with van der Waals surface area (Å²) in [7, 11) is 0. The van der Waals surface area contributed by atoms with E-state index in [-0.39, 0.29) is 0 Å². The van der Waals surface area contributed by atoms with Crippen molar-refractivity contribution >= 4 is 21.5 Å². The Hall–Kier alpha value is -7.69. The largest absolute Gasteiger partial charge is 0.457 e. The van der Waals surface area contributed by atoms with Gasteiger partial charge in [-0.15, -0.1) is 0 Å². The van der Waals surface area contributed by atoms with Gasteiger partial charge in [0, 0.05) is 27.8 Å². The molecule has 1 aliphatic heterocycles.